The number of hydrogen-bond donors (Lipinski definition) is 2. The third-order valence-electron chi connectivity index (χ3n) is 5.68. The van der Waals surface area contributed by atoms with Crippen molar-refractivity contribution in [2.45, 2.75) is 13.0 Å². The SMILES string of the molecule is CCOc1ccc(/C(O)=C2\C(=O)C(=O)N(CCN(C)C)C2c2c[nH]c3ccccc23)cc1. The Hall–Kier alpha value is -3.58. The second kappa shape index (κ2) is 8.88. The van der Waals surface area contributed by atoms with Crippen LogP contribution in [0.1, 0.15) is 24.1 Å². The summed E-state index contributed by atoms with van der Waals surface area (Å²) in [5, 5.41) is 12.1. The summed E-state index contributed by atoms with van der Waals surface area (Å²) >= 11 is 0. The molecule has 7 heteroatoms. The summed E-state index contributed by atoms with van der Waals surface area (Å²) in [6.45, 7) is 3.38. The van der Waals surface area contributed by atoms with E-state index in [1.165, 1.54) is 0 Å². The standard InChI is InChI=1S/C25H27N3O4/c1-4-32-17-11-9-16(10-12-17)23(29)21-22(19-15-26-20-8-6-5-7-18(19)20)28(14-13-27(2)3)25(31)24(21)30/h5-12,15,22,26,29H,4,13-14H2,1-3H3/b23-21+. The van der Waals surface area contributed by atoms with Crippen molar-refractivity contribution in [2.24, 2.45) is 0 Å². The number of hydrogen-bond acceptors (Lipinski definition) is 5. The van der Waals surface area contributed by atoms with Gasteiger partial charge in [0.25, 0.3) is 11.7 Å². The van der Waals surface area contributed by atoms with E-state index in [1.54, 1.807) is 29.2 Å². The number of likely N-dealkylation sites (N-methyl/N-ethyl adjacent to an activating group) is 1. The van der Waals surface area contributed by atoms with Crippen molar-refractivity contribution in [3.8, 4) is 5.75 Å². The van der Waals surface area contributed by atoms with Gasteiger partial charge in [-0.15, -0.1) is 0 Å². The number of ketones is 1. The van der Waals surface area contributed by atoms with Gasteiger partial charge in [0.05, 0.1) is 18.2 Å². The first-order chi connectivity index (χ1) is 15.4. The maximum Gasteiger partial charge on any atom is 0.295 e. The van der Waals surface area contributed by atoms with Crippen LogP contribution >= 0.6 is 0 Å². The number of Topliss-reactive ketones (excluding diaryl/α,β-unsaturated/α-hetero) is 1. The first-order valence-corrected chi connectivity index (χ1v) is 10.6. The third-order valence-corrected chi connectivity index (χ3v) is 5.68. The first-order valence-electron chi connectivity index (χ1n) is 10.6. The smallest absolute Gasteiger partial charge is 0.295 e. The monoisotopic (exact) mass is 433 g/mol. The van der Waals surface area contributed by atoms with Crippen LogP contribution in [0, 0.1) is 0 Å². The lowest BCUT2D eigenvalue weighted by Gasteiger charge is -2.26. The normalized spacial score (nSPS) is 18.1. The second-order valence-electron chi connectivity index (χ2n) is 8.04. The lowest BCUT2D eigenvalue weighted by atomic mass is 9.95. The van der Waals surface area contributed by atoms with Crippen molar-refractivity contribution >= 4 is 28.4 Å². The van der Waals surface area contributed by atoms with Gasteiger partial charge < -0.3 is 24.6 Å². The number of carbonyl (C=O) groups excluding carboxylic acids is 2. The molecule has 166 valence electrons. The number of para-hydroxylation sites is 1. The molecule has 1 aliphatic heterocycles. The molecule has 2 aromatic carbocycles. The Morgan fingerprint density at radius 2 is 1.84 bits per heavy atom. The fourth-order valence-corrected chi connectivity index (χ4v) is 4.09. The van der Waals surface area contributed by atoms with Gasteiger partial charge in [-0.2, -0.15) is 0 Å². The van der Waals surface area contributed by atoms with E-state index in [1.807, 2.05) is 56.4 Å². The summed E-state index contributed by atoms with van der Waals surface area (Å²) in [6, 6.07) is 13.9. The summed E-state index contributed by atoms with van der Waals surface area (Å²) < 4.78 is 5.47. The molecule has 32 heavy (non-hydrogen) atoms. The molecule has 0 spiro atoms. The number of rotatable bonds is 7. The number of ether oxygens (including phenoxy) is 1. The van der Waals surface area contributed by atoms with Crippen LogP contribution < -0.4 is 4.74 Å². The number of aromatic nitrogens is 1. The maximum absolute atomic E-state index is 13.1. The minimum atomic E-state index is -0.683. The Balaban J connectivity index is 1.85. The molecule has 1 unspecified atom stereocenters. The predicted molar refractivity (Wildman–Crippen MR) is 123 cm³/mol. The predicted octanol–water partition coefficient (Wildman–Crippen LogP) is 3.55. The topological polar surface area (TPSA) is 85.9 Å². The molecule has 1 saturated heterocycles. The molecule has 1 atom stereocenters. The zero-order chi connectivity index (χ0) is 22.8. The van der Waals surface area contributed by atoms with Crippen LogP contribution in [0.5, 0.6) is 5.75 Å². The number of nitrogens with zero attached hydrogens (tertiary/aromatic N) is 2. The number of amides is 1. The van der Waals surface area contributed by atoms with Gasteiger partial charge in [0, 0.05) is 41.3 Å². The minimum Gasteiger partial charge on any atom is -0.507 e. The Labute approximate surface area is 186 Å². The highest BCUT2D eigenvalue weighted by Gasteiger charge is 2.46. The van der Waals surface area contributed by atoms with Crippen molar-refractivity contribution < 1.29 is 19.4 Å². The van der Waals surface area contributed by atoms with Crippen LogP contribution in [0.2, 0.25) is 0 Å². The molecular formula is C25H27N3O4. The highest BCUT2D eigenvalue weighted by atomic mass is 16.5. The van der Waals surface area contributed by atoms with Gasteiger partial charge in [-0.05, 0) is 51.4 Å². The van der Waals surface area contributed by atoms with Crippen molar-refractivity contribution in [2.75, 3.05) is 33.8 Å². The van der Waals surface area contributed by atoms with Crippen LogP contribution in [0.25, 0.3) is 16.7 Å². The van der Waals surface area contributed by atoms with Crippen LogP contribution in [0.3, 0.4) is 0 Å². The van der Waals surface area contributed by atoms with Crippen LogP contribution in [0.15, 0.2) is 60.3 Å². The molecule has 2 N–H and O–H groups in total. The van der Waals surface area contributed by atoms with Gasteiger partial charge >= 0.3 is 0 Å². The van der Waals surface area contributed by atoms with Gasteiger partial charge in [0.2, 0.25) is 0 Å². The van der Waals surface area contributed by atoms with Gasteiger partial charge in [-0.25, -0.2) is 0 Å². The Bertz CT molecular complexity index is 1180. The number of aliphatic hydroxyl groups excluding tert-OH is 1. The zero-order valence-corrected chi connectivity index (χ0v) is 18.5. The Morgan fingerprint density at radius 1 is 1.12 bits per heavy atom. The number of aromatic amines is 1. The van der Waals surface area contributed by atoms with E-state index in [9.17, 15) is 14.7 Å². The van der Waals surface area contributed by atoms with E-state index in [-0.39, 0.29) is 11.3 Å². The quantitative estimate of drug-likeness (QED) is 0.338. The van der Waals surface area contributed by atoms with Gasteiger partial charge in [0.15, 0.2) is 0 Å². The molecule has 4 rings (SSSR count). The highest BCUT2D eigenvalue weighted by Crippen LogP contribution is 2.41. The molecule has 7 nitrogen and oxygen atoms in total. The van der Waals surface area contributed by atoms with Crippen molar-refractivity contribution in [3.63, 3.8) is 0 Å². The Kier molecular flexibility index (Phi) is 6.01. The summed E-state index contributed by atoms with van der Waals surface area (Å²) in [4.78, 5) is 32.9. The zero-order valence-electron chi connectivity index (χ0n) is 18.5. The highest BCUT2D eigenvalue weighted by molar-refractivity contribution is 6.46. The van der Waals surface area contributed by atoms with E-state index in [0.717, 1.165) is 16.5 Å². The second-order valence-corrected chi connectivity index (χ2v) is 8.04. The van der Waals surface area contributed by atoms with Crippen LogP contribution in [-0.2, 0) is 9.59 Å². The van der Waals surface area contributed by atoms with Crippen LogP contribution in [-0.4, -0.2) is 65.4 Å². The number of benzene rings is 2. The molecule has 0 bridgehead atoms. The number of carbonyl (C=O) groups is 2. The van der Waals surface area contributed by atoms with E-state index in [0.29, 0.717) is 31.0 Å². The van der Waals surface area contributed by atoms with Crippen molar-refractivity contribution in [1.82, 2.24) is 14.8 Å². The fourth-order valence-electron chi connectivity index (χ4n) is 4.09. The molecule has 1 amide bonds. The lowest BCUT2D eigenvalue weighted by molar-refractivity contribution is -0.140. The van der Waals surface area contributed by atoms with Crippen molar-refractivity contribution in [3.05, 3.63) is 71.4 Å². The molecule has 1 fully saturated rings. The summed E-state index contributed by atoms with van der Waals surface area (Å²) in [6.07, 6.45) is 1.81. The number of nitrogens with one attached hydrogen (secondary N) is 1. The van der Waals surface area contributed by atoms with Gasteiger partial charge in [0.1, 0.15) is 11.5 Å². The van der Waals surface area contributed by atoms with E-state index < -0.39 is 17.7 Å². The Morgan fingerprint density at radius 3 is 2.53 bits per heavy atom. The maximum atomic E-state index is 13.1. The average molecular weight is 434 g/mol. The van der Waals surface area contributed by atoms with E-state index >= 15 is 0 Å². The number of fused-ring (bicyclic) bond motifs is 1. The third kappa shape index (κ3) is 3.87. The largest absolute Gasteiger partial charge is 0.507 e. The first kappa shape index (κ1) is 21.6. The lowest BCUT2D eigenvalue weighted by Crippen LogP contribution is -2.35. The summed E-state index contributed by atoms with van der Waals surface area (Å²) in [7, 11) is 3.83. The van der Waals surface area contributed by atoms with E-state index in [4.69, 9.17) is 4.74 Å². The fraction of sp³-hybridized carbons (Fsp3) is 0.280. The number of aliphatic hydroxyl groups is 1. The molecule has 1 aromatic heterocycles. The molecule has 0 radical (unpaired) electrons. The molecular weight excluding hydrogens is 406 g/mol. The van der Waals surface area contributed by atoms with E-state index in [2.05, 4.69) is 4.98 Å². The molecule has 1 aliphatic rings. The molecule has 3 aromatic rings. The molecule has 2 heterocycles. The minimum absolute atomic E-state index is 0.0997. The summed E-state index contributed by atoms with van der Waals surface area (Å²) in [5.41, 5.74) is 2.25. The van der Waals surface area contributed by atoms with Gasteiger partial charge in [-0.3, -0.25) is 9.59 Å². The summed E-state index contributed by atoms with van der Waals surface area (Å²) in [5.74, 6) is -0.794. The number of likely N-dealkylation sites (tertiary alicyclic amines) is 1. The number of H-pyrrole nitrogens is 1. The van der Waals surface area contributed by atoms with Gasteiger partial charge in [-0.1, -0.05) is 18.2 Å². The average Bonchev–Trinajstić information content (AvgIpc) is 3.31. The molecule has 0 aliphatic carbocycles. The van der Waals surface area contributed by atoms with Crippen LogP contribution in [0.4, 0.5) is 0 Å². The molecule has 0 saturated carbocycles. The van der Waals surface area contributed by atoms with Crippen molar-refractivity contribution in [1.29, 1.82) is 0 Å².